The first-order chi connectivity index (χ1) is 35.2. The van der Waals surface area contributed by atoms with E-state index < -0.39 is 24.2 Å². The highest BCUT2D eigenvalue weighted by Gasteiger charge is 2.44. The number of carbonyl (C=O) groups excluding carboxylic acids is 3. The number of halogens is 2. The van der Waals surface area contributed by atoms with Crippen LogP contribution in [0.2, 0.25) is 0 Å². The number of carbonyl (C=O) groups is 3. The van der Waals surface area contributed by atoms with Gasteiger partial charge in [0.2, 0.25) is 11.8 Å². The zero-order valence-corrected chi connectivity index (χ0v) is 42.8. The van der Waals surface area contributed by atoms with Gasteiger partial charge in [-0.15, -0.1) is 11.3 Å². The summed E-state index contributed by atoms with van der Waals surface area (Å²) in [4.78, 5) is 60.7. The molecule has 10 rings (SSSR count). The van der Waals surface area contributed by atoms with Crippen LogP contribution in [0.15, 0.2) is 76.9 Å². The van der Waals surface area contributed by atoms with Gasteiger partial charge in [-0.2, -0.15) is 0 Å². The second kappa shape index (κ2) is 21.4. The number of hydrogen-bond acceptors (Lipinski definition) is 10. The fourth-order valence-electron chi connectivity index (χ4n) is 11.6. The predicted molar refractivity (Wildman–Crippen MR) is 282 cm³/mol. The number of imidazole rings is 1. The normalized spacial score (nSPS) is 22.7. The van der Waals surface area contributed by atoms with Crippen LogP contribution < -0.4 is 31.9 Å². The first-order valence-corrected chi connectivity index (χ1v) is 27.0. The number of likely N-dealkylation sites (tertiary alicyclic amines) is 2. The zero-order chi connectivity index (χ0) is 51.0. The van der Waals surface area contributed by atoms with Gasteiger partial charge in [-0.3, -0.25) is 23.5 Å². The number of fused-ring (bicyclic) bond motifs is 1. The topological polar surface area (TPSA) is 156 Å². The number of benzene rings is 3. The number of aromatic nitrogens is 2. The summed E-state index contributed by atoms with van der Waals surface area (Å²) >= 11 is 1.66. The van der Waals surface area contributed by atoms with Crippen LogP contribution in [-0.4, -0.2) is 119 Å². The predicted octanol–water partition coefficient (Wildman–Crippen LogP) is 6.88. The van der Waals surface area contributed by atoms with Crippen LogP contribution in [0.3, 0.4) is 0 Å². The van der Waals surface area contributed by atoms with E-state index in [1.165, 1.54) is 0 Å². The number of thiophene rings is 1. The lowest BCUT2D eigenvalue weighted by Gasteiger charge is -2.39. The number of nitrogens with zero attached hydrogens (tertiary/aromatic N) is 5. The van der Waals surface area contributed by atoms with Crippen LogP contribution in [0.4, 0.5) is 20.2 Å². The summed E-state index contributed by atoms with van der Waals surface area (Å²) in [5.74, 6) is 4.95. The number of aliphatic hydroxyl groups is 1. The molecule has 0 bridgehead atoms. The lowest BCUT2D eigenvalue weighted by atomic mass is 9.90. The molecular weight excluding hydrogens is 949 g/mol. The Balaban J connectivity index is 0.681. The fourth-order valence-corrected chi connectivity index (χ4v) is 12.4. The molecule has 0 radical (unpaired) electrons. The molecule has 5 aliphatic rings. The third-order valence-electron chi connectivity index (χ3n) is 16.1. The van der Waals surface area contributed by atoms with Crippen molar-refractivity contribution in [3.8, 4) is 22.3 Å². The van der Waals surface area contributed by atoms with Crippen molar-refractivity contribution < 1.29 is 28.3 Å². The number of aliphatic hydroxyl groups excluding tert-OH is 1. The minimum Gasteiger partial charge on any atom is -0.375 e. The largest absolute Gasteiger partial charge is 0.375 e. The van der Waals surface area contributed by atoms with Crippen molar-refractivity contribution in [1.29, 1.82) is 0 Å². The van der Waals surface area contributed by atoms with Crippen molar-refractivity contribution in [3.05, 3.63) is 105 Å². The van der Waals surface area contributed by atoms with Gasteiger partial charge < -0.3 is 41.1 Å². The number of piperidine rings is 4. The molecular formula is C56H67F2N9O5S. The highest BCUT2D eigenvalue weighted by Crippen LogP contribution is 2.34. The molecule has 0 aliphatic carbocycles. The van der Waals surface area contributed by atoms with Gasteiger partial charge in [0.1, 0.15) is 12.3 Å². The second-order valence-electron chi connectivity index (χ2n) is 21.0. The molecule has 14 nitrogen and oxygen atoms in total. The Hall–Kier alpha value is -6.06. The Labute approximate surface area is 429 Å². The maximum absolute atomic E-state index is 14.3. The summed E-state index contributed by atoms with van der Waals surface area (Å²) in [5, 5.41) is 24.0. The number of rotatable bonds is 11. The third-order valence-corrected chi connectivity index (χ3v) is 17.0. The lowest BCUT2D eigenvalue weighted by Crippen LogP contribution is -2.47. The summed E-state index contributed by atoms with van der Waals surface area (Å²) in [6.45, 7) is 9.76. The van der Waals surface area contributed by atoms with Crippen molar-refractivity contribution in [2.24, 2.45) is 24.8 Å². The van der Waals surface area contributed by atoms with Crippen molar-refractivity contribution >= 4 is 51.5 Å². The first-order valence-electron chi connectivity index (χ1n) is 26.1. The van der Waals surface area contributed by atoms with Gasteiger partial charge in [-0.05, 0) is 143 Å². The molecule has 0 spiro atoms. The molecule has 2 unspecified atom stereocenters. The summed E-state index contributed by atoms with van der Waals surface area (Å²) < 4.78 is 31.8. The maximum Gasteiger partial charge on any atom is 0.329 e. The van der Waals surface area contributed by atoms with Gasteiger partial charge in [-0.1, -0.05) is 30.0 Å². The van der Waals surface area contributed by atoms with E-state index in [1.54, 1.807) is 45.7 Å². The number of nitrogens with one attached hydrogen (secondary N) is 4. The van der Waals surface area contributed by atoms with Crippen LogP contribution >= 0.6 is 11.3 Å². The molecule has 7 heterocycles. The molecule has 5 N–H and O–H groups in total. The number of aryl methyl sites for hydroxylation is 2. The molecule has 73 heavy (non-hydrogen) atoms. The third kappa shape index (κ3) is 10.9. The Bertz CT molecular complexity index is 2960. The van der Waals surface area contributed by atoms with E-state index in [0.717, 1.165) is 128 Å². The summed E-state index contributed by atoms with van der Waals surface area (Å²) in [7, 11) is 1.74. The Morgan fingerprint density at radius 1 is 0.918 bits per heavy atom. The van der Waals surface area contributed by atoms with Gasteiger partial charge in [0.25, 0.3) is 11.8 Å². The summed E-state index contributed by atoms with van der Waals surface area (Å²) in [6, 6.07) is 19.6. The highest BCUT2D eigenvalue weighted by atomic mass is 32.1. The van der Waals surface area contributed by atoms with Gasteiger partial charge in [-0.25, -0.2) is 13.6 Å². The molecule has 5 fully saturated rings. The average Bonchev–Trinajstić information content (AvgIpc) is 4.12. The van der Waals surface area contributed by atoms with Crippen molar-refractivity contribution in [2.75, 3.05) is 69.1 Å². The Morgan fingerprint density at radius 2 is 1.70 bits per heavy atom. The molecule has 5 saturated heterocycles. The molecule has 2 aromatic heterocycles. The molecule has 5 aliphatic heterocycles. The minimum absolute atomic E-state index is 0.00613. The smallest absolute Gasteiger partial charge is 0.329 e. The first kappa shape index (κ1) is 50.5. The standard InChI is InChI=1S/C56H67F2N9O5S/c1-35-6-11-42(61-50-32-59-34-56(50,57)58)30-44(35)52(69)60-36(2)41-10-9-39(45(29-41)49-5-4-28-73-49)8-7-37-16-22-64(23-17-37)33-38-18-24-66(25-19-38)54(71)40-20-26-65(27-21-40)43-12-13-46-48(31-43)63(3)55(72)67(46)47-14-15-51(68)62-53(47)70/h4-6,9-13,28-31,36-38,40,47,50,53,59,61,70H,14-27,32-34H2,1-3H3,(H,60,69)(H,62,68)/t36-,47?,50+,53?/m1/s1. The molecule has 0 saturated carbocycles. The number of anilines is 2. The SMILES string of the molecule is Cc1ccc(N[C@H]2CNCC2(F)F)cc1C(=O)N[C@H](C)c1ccc(C#CC2CCN(CC3CCN(C(=O)C4CCN(c5ccc6c(c5)n(C)c(=O)n6C5CCC(=O)NC5O)CC4)CC3)CC2)c(-c2cccs2)c1. The van der Waals surface area contributed by atoms with Crippen LogP contribution in [0.1, 0.15) is 97.4 Å². The monoisotopic (exact) mass is 1020 g/mol. The summed E-state index contributed by atoms with van der Waals surface area (Å²) in [6.07, 6.45) is 5.16. The number of alkyl halides is 2. The second-order valence-corrected chi connectivity index (χ2v) is 21.9. The Morgan fingerprint density at radius 3 is 2.41 bits per heavy atom. The minimum atomic E-state index is -2.87. The molecule has 3 aromatic carbocycles. The maximum atomic E-state index is 14.3. The average molecular weight is 1020 g/mol. The van der Waals surface area contributed by atoms with Gasteiger partial charge in [0, 0.05) is 97.5 Å². The van der Waals surface area contributed by atoms with Gasteiger partial charge >= 0.3 is 5.69 Å². The highest BCUT2D eigenvalue weighted by molar-refractivity contribution is 7.13. The van der Waals surface area contributed by atoms with E-state index in [4.69, 9.17) is 0 Å². The fraction of sp³-hybridized carbons (Fsp3) is 0.500. The quantitative estimate of drug-likeness (QED) is 0.0892. The molecule has 4 atom stereocenters. The molecule has 5 aromatic rings. The van der Waals surface area contributed by atoms with E-state index >= 15 is 0 Å². The van der Waals surface area contributed by atoms with E-state index in [-0.39, 0.29) is 54.9 Å². The van der Waals surface area contributed by atoms with Gasteiger partial charge in [0.05, 0.1) is 29.7 Å². The van der Waals surface area contributed by atoms with Crippen LogP contribution in [-0.2, 0) is 16.6 Å². The zero-order valence-electron chi connectivity index (χ0n) is 42.0. The number of hydrogen-bond donors (Lipinski definition) is 5. The lowest BCUT2D eigenvalue weighted by molar-refractivity contribution is -0.137. The number of amides is 3. The van der Waals surface area contributed by atoms with Crippen LogP contribution in [0.25, 0.3) is 21.5 Å². The molecule has 386 valence electrons. The van der Waals surface area contributed by atoms with Crippen molar-refractivity contribution in [1.82, 2.24) is 34.9 Å². The summed E-state index contributed by atoms with van der Waals surface area (Å²) in [5.41, 5.74) is 6.91. The van der Waals surface area contributed by atoms with E-state index in [9.17, 15) is 33.1 Å². The van der Waals surface area contributed by atoms with Crippen LogP contribution in [0, 0.1) is 36.5 Å². The molecule has 17 heteroatoms. The van der Waals surface area contributed by atoms with E-state index in [0.29, 0.717) is 29.5 Å². The van der Waals surface area contributed by atoms with E-state index in [2.05, 4.69) is 71.4 Å². The van der Waals surface area contributed by atoms with Crippen LogP contribution in [0.5, 0.6) is 0 Å². The van der Waals surface area contributed by atoms with E-state index in [1.807, 2.05) is 44.2 Å². The molecule has 3 amide bonds. The van der Waals surface area contributed by atoms with Crippen molar-refractivity contribution in [3.63, 3.8) is 0 Å². The van der Waals surface area contributed by atoms with Gasteiger partial charge in [0.15, 0.2) is 0 Å². The Kier molecular flexibility index (Phi) is 14.8. The van der Waals surface area contributed by atoms with Crippen molar-refractivity contribution in [2.45, 2.75) is 95.5 Å².